The quantitative estimate of drug-likeness (QED) is 0.660. The van der Waals surface area contributed by atoms with Gasteiger partial charge in [0.2, 0.25) is 0 Å². The smallest absolute Gasteiger partial charge is 0.335 e. The van der Waals surface area contributed by atoms with Crippen molar-refractivity contribution in [1.82, 2.24) is 4.98 Å². The molecular weight excluding hydrogens is 205 g/mol. The van der Waals surface area contributed by atoms with E-state index in [0.29, 0.717) is 5.69 Å². The predicted octanol–water partition coefficient (Wildman–Crippen LogP) is 0.00802. The highest BCUT2D eigenvalue weighted by Gasteiger charge is 2.28. The van der Waals surface area contributed by atoms with Crippen molar-refractivity contribution in [2.75, 3.05) is 0 Å². The Balaban J connectivity index is 3.04. The van der Waals surface area contributed by atoms with Gasteiger partial charge in [0.25, 0.3) is 0 Å². The molecule has 0 aliphatic rings. The first-order chi connectivity index (χ1) is 6.93. The molecule has 1 rings (SSSR count). The molecule has 0 spiro atoms. The van der Waals surface area contributed by atoms with Crippen molar-refractivity contribution in [3.8, 4) is 0 Å². The van der Waals surface area contributed by atoms with Crippen LogP contribution >= 0.6 is 0 Å². The van der Waals surface area contributed by atoms with Crippen molar-refractivity contribution in [2.24, 2.45) is 0 Å². The number of aromatic nitrogens is 1. The zero-order valence-corrected chi connectivity index (χ0v) is 7.88. The largest absolute Gasteiger partial charge is 0.479 e. The maximum absolute atomic E-state index is 13.1. The third-order valence-corrected chi connectivity index (χ3v) is 1.84. The Bertz CT molecular complexity index is 382. The predicted molar refractivity (Wildman–Crippen MR) is 47.5 cm³/mol. The number of carboxylic acids is 1. The highest BCUT2D eigenvalue weighted by atomic mass is 19.1. The second kappa shape index (κ2) is 4.33. The van der Waals surface area contributed by atoms with Crippen LogP contribution in [-0.4, -0.2) is 32.4 Å². The van der Waals surface area contributed by atoms with Gasteiger partial charge < -0.3 is 15.3 Å². The SMILES string of the molecule is Cc1ccc(F)c(C(O)C(O)C(=O)O)n1. The number of halogens is 1. The van der Waals surface area contributed by atoms with Crippen LogP contribution in [0.5, 0.6) is 0 Å². The van der Waals surface area contributed by atoms with Crippen molar-refractivity contribution in [2.45, 2.75) is 19.1 Å². The first kappa shape index (κ1) is 11.5. The van der Waals surface area contributed by atoms with E-state index in [-0.39, 0.29) is 0 Å². The molecule has 1 aromatic heterocycles. The van der Waals surface area contributed by atoms with E-state index in [9.17, 15) is 14.3 Å². The van der Waals surface area contributed by atoms with Crippen molar-refractivity contribution in [1.29, 1.82) is 0 Å². The molecule has 15 heavy (non-hydrogen) atoms. The highest BCUT2D eigenvalue weighted by Crippen LogP contribution is 2.18. The first-order valence-corrected chi connectivity index (χ1v) is 4.15. The second-order valence-electron chi connectivity index (χ2n) is 3.05. The second-order valence-corrected chi connectivity index (χ2v) is 3.05. The Hall–Kier alpha value is -1.53. The molecule has 2 atom stereocenters. The summed E-state index contributed by atoms with van der Waals surface area (Å²) in [5, 5.41) is 26.8. The normalized spacial score (nSPS) is 14.7. The van der Waals surface area contributed by atoms with Gasteiger partial charge in [-0.1, -0.05) is 0 Å². The number of hydrogen-bond donors (Lipinski definition) is 3. The topological polar surface area (TPSA) is 90.7 Å². The van der Waals surface area contributed by atoms with Crippen LogP contribution in [0, 0.1) is 12.7 Å². The first-order valence-electron chi connectivity index (χ1n) is 4.15. The molecular formula is C9H10FNO4. The number of nitrogens with zero attached hydrogens (tertiary/aromatic N) is 1. The number of aliphatic carboxylic acids is 1. The molecule has 0 radical (unpaired) electrons. The summed E-state index contributed by atoms with van der Waals surface area (Å²) >= 11 is 0. The van der Waals surface area contributed by atoms with Crippen LogP contribution in [0.15, 0.2) is 12.1 Å². The summed E-state index contributed by atoms with van der Waals surface area (Å²) in [7, 11) is 0. The van der Waals surface area contributed by atoms with Crippen LogP contribution < -0.4 is 0 Å². The molecule has 2 unspecified atom stereocenters. The monoisotopic (exact) mass is 215 g/mol. The number of pyridine rings is 1. The van der Waals surface area contributed by atoms with E-state index in [0.717, 1.165) is 6.07 Å². The number of carbonyl (C=O) groups is 1. The zero-order valence-electron chi connectivity index (χ0n) is 7.88. The minimum Gasteiger partial charge on any atom is -0.479 e. The summed E-state index contributed by atoms with van der Waals surface area (Å²) < 4.78 is 13.1. The molecule has 1 aromatic rings. The summed E-state index contributed by atoms with van der Waals surface area (Å²) in [4.78, 5) is 14.0. The number of aliphatic hydroxyl groups excluding tert-OH is 2. The Morgan fingerprint density at radius 1 is 1.47 bits per heavy atom. The molecule has 0 aliphatic heterocycles. The standard InChI is InChI=1S/C9H10FNO4/c1-4-2-3-5(10)6(11-4)7(12)8(13)9(14)15/h2-3,7-8,12-13H,1H3,(H,14,15). The zero-order chi connectivity index (χ0) is 11.6. The molecule has 82 valence electrons. The van der Waals surface area contributed by atoms with Gasteiger partial charge in [0.1, 0.15) is 17.6 Å². The summed E-state index contributed by atoms with van der Waals surface area (Å²) in [6, 6.07) is 2.42. The average Bonchev–Trinajstić information content (AvgIpc) is 2.19. The van der Waals surface area contributed by atoms with E-state index in [1.54, 1.807) is 6.92 Å². The van der Waals surface area contributed by atoms with Gasteiger partial charge in [-0.05, 0) is 19.1 Å². The lowest BCUT2D eigenvalue weighted by Crippen LogP contribution is -2.28. The number of aliphatic hydroxyl groups is 2. The maximum Gasteiger partial charge on any atom is 0.335 e. The number of aryl methyl sites for hydroxylation is 1. The van der Waals surface area contributed by atoms with Crippen molar-refractivity contribution in [3.63, 3.8) is 0 Å². The van der Waals surface area contributed by atoms with Gasteiger partial charge >= 0.3 is 5.97 Å². The average molecular weight is 215 g/mol. The van der Waals surface area contributed by atoms with Gasteiger partial charge in [-0.15, -0.1) is 0 Å². The minimum atomic E-state index is -2.09. The molecule has 0 saturated heterocycles. The Morgan fingerprint density at radius 2 is 2.07 bits per heavy atom. The lowest BCUT2D eigenvalue weighted by molar-refractivity contribution is -0.153. The van der Waals surface area contributed by atoms with E-state index >= 15 is 0 Å². The van der Waals surface area contributed by atoms with E-state index in [2.05, 4.69) is 4.98 Å². The molecule has 5 nitrogen and oxygen atoms in total. The van der Waals surface area contributed by atoms with Gasteiger partial charge in [0.05, 0.1) is 0 Å². The molecule has 6 heteroatoms. The lowest BCUT2D eigenvalue weighted by atomic mass is 10.1. The molecule has 0 amide bonds. The third-order valence-electron chi connectivity index (χ3n) is 1.84. The fourth-order valence-electron chi connectivity index (χ4n) is 1.05. The maximum atomic E-state index is 13.1. The molecule has 1 heterocycles. The molecule has 0 aromatic carbocycles. The van der Waals surface area contributed by atoms with Crippen molar-refractivity contribution in [3.05, 3.63) is 29.3 Å². The van der Waals surface area contributed by atoms with E-state index < -0.39 is 29.7 Å². The van der Waals surface area contributed by atoms with Crippen LogP contribution in [0.3, 0.4) is 0 Å². The summed E-state index contributed by atoms with van der Waals surface area (Å²) in [5.41, 5.74) is -0.0482. The lowest BCUT2D eigenvalue weighted by Gasteiger charge is -2.14. The van der Waals surface area contributed by atoms with E-state index in [4.69, 9.17) is 10.2 Å². The molecule has 0 bridgehead atoms. The molecule has 3 N–H and O–H groups in total. The minimum absolute atomic E-state index is 0.419. The van der Waals surface area contributed by atoms with Crippen LogP contribution in [-0.2, 0) is 4.79 Å². The Labute approximate surface area is 84.8 Å². The van der Waals surface area contributed by atoms with Crippen LogP contribution in [0.4, 0.5) is 4.39 Å². The third kappa shape index (κ3) is 2.48. The van der Waals surface area contributed by atoms with Crippen LogP contribution in [0.1, 0.15) is 17.5 Å². The van der Waals surface area contributed by atoms with Crippen molar-refractivity contribution >= 4 is 5.97 Å². The summed E-state index contributed by atoms with van der Waals surface area (Å²) in [5.74, 6) is -2.49. The fourth-order valence-corrected chi connectivity index (χ4v) is 1.05. The number of rotatable bonds is 3. The Morgan fingerprint density at radius 3 is 2.60 bits per heavy atom. The number of hydrogen-bond acceptors (Lipinski definition) is 4. The summed E-state index contributed by atoms with van der Waals surface area (Å²) in [6.45, 7) is 1.56. The van der Waals surface area contributed by atoms with Gasteiger partial charge in [0.15, 0.2) is 6.10 Å². The molecule has 0 saturated carbocycles. The highest BCUT2D eigenvalue weighted by molar-refractivity contribution is 5.72. The molecule has 0 aliphatic carbocycles. The van der Waals surface area contributed by atoms with Crippen LogP contribution in [0.2, 0.25) is 0 Å². The van der Waals surface area contributed by atoms with E-state index in [1.165, 1.54) is 6.07 Å². The van der Waals surface area contributed by atoms with Gasteiger partial charge in [0, 0.05) is 5.69 Å². The number of carboxylic acid groups (broad SMARTS) is 1. The van der Waals surface area contributed by atoms with Crippen molar-refractivity contribution < 1.29 is 24.5 Å². The van der Waals surface area contributed by atoms with Crippen LogP contribution in [0.25, 0.3) is 0 Å². The summed E-state index contributed by atoms with van der Waals surface area (Å²) in [6.07, 6.45) is -3.96. The van der Waals surface area contributed by atoms with E-state index in [1.807, 2.05) is 0 Å². The van der Waals surface area contributed by atoms with Gasteiger partial charge in [-0.2, -0.15) is 0 Å². The van der Waals surface area contributed by atoms with Gasteiger partial charge in [-0.3, -0.25) is 4.98 Å². The molecule has 0 fully saturated rings. The fraction of sp³-hybridized carbons (Fsp3) is 0.333. The van der Waals surface area contributed by atoms with Gasteiger partial charge in [-0.25, -0.2) is 9.18 Å². The Kier molecular flexibility index (Phi) is 3.33.